The lowest BCUT2D eigenvalue weighted by molar-refractivity contribution is 0.306. The van der Waals surface area contributed by atoms with Crippen molar-refractivity contribution in [1.29, 1.82) is 0 Å². The zero-order chi connectivity index (χ0) is 15.0. The minimum Gasteiger partial charge on any atom is -0.476 e. The largest absolute Gasteiger partial charge is 0.476 e. The van der Waals surface area contributed by atoms with Gasteiger partial charge in [0.15, 0.2) is 5.82 Å². The van der Waals surface area contributed by atoms with Crippen molar-refractivity contribution in [1.82, 2.24) is 14.7 Å². The summed E-state index contributed by atoms with van der Waals surface area (Å²) in [6.07, 6.45) is 3.98. The van der Waals surface area contributed by atoms with E-state index < -0.39 is 10.0 Å². The fourth-order valence-electron chi connectivity index (χ4n) is 1.39. The van der Waals surface area contributed by atoms with Gasteiger partial charge in [0, 0.05) is 13.1 Å². The van der Waals surface area contributed by atoms with Crippen LogP contribution in [0.1, 0.15) is 19.8 Å². The van der Waals surface area contributed by atoms with E-state index in [1.165, 1.54) is 6.33 Å². The van der Waals surface area contributed by atoms with Gasteiger partial charge in [0.25, 0.3) is 0 Å². The smallest absolute Gasteiger partial charge is 0.242 e. The number of aromatic nitrogens is 2. The van der Waals surface area contributed by atoms with Crippen molar-refractivity contribution in [2.45, 2.75) is 19.8 Å². The molecule has 1 heterocycles. The average Bonchev–Trinajstić information content (AvgIpc) is 2.37. The second-order valence-electron chi connectivity index (χ2n) is 4.24. The molecule has 0 aliphatic heterocycles. The molecule has 9 heteroatoms. The van der Waals surface area contributed by atoms with Crippen molar-refractivity contribution in [2.24, 2.45) is 0 Å². The first-order valence-corrected chi connectivity index (χ1v) is 8.25. The minimum atomic E-state index is -3.14. The van der Waals surface area contributed by atoms with E-state index in [-0.39, 0.29) is 0 Å². The fourth-order valence-corrected chi connectivity index (χ4v) is 1.90. The molecule has 0 aliphatic rings. The second kappa shape index (κ2) is 7.85. The molecule has 0 amide bonds. The number of anilines is 2. The topological polar surface area (TPSA) is 119 Å². The number of rotatable bonds is 9. The molecule has 0 aliphatic carbocycles. The number of hydrogen-bond acceptors (Lipinski definition) is 7. The van der Waals surface area contributed by atoms with Crippen LogP contribution < -0.4 is 20.5 Å². The highest BCUT2D eigenvalue weighted by Crippen LogP contribution is 2.24. The molecule has 20 heavy (non-hydrogen) atoms. The van der Waals surface area contributed by atoms with Crippen molar-refractivity contribution >= 4 is 21.5 Å². The summed E-state index contributed by atoms with van der Waals surface area (Å²) in [5.41, 5.74) is 6.24. The Morgan fingerprint density at radius 3 is 2.75 bits per heavy atom. The van der Waals surface area contributed by atoms with Gasteiger partial charge in [-0.25, -0.2) is 18.1 Å². The van der Waals surface area contributed by atoms with Gasteiger partial charge in [0.05, 0.1) is 12.9 Å². The second-order valence-corrected chi connectivity index (χ2v) is 6.07. The maximum absolute atomic E-state index is 10.9. The summed E-state index contributed by atoms with van der Waals surface area (Å²) in [5, 5.41) is 3.03. The average molecular weight is 303 g/mol. The van der Waals surface area contributed by atoms with E-state index in [0.717, 1.165) is 12.7 Å². The van der Waals surface area contributed by atoms with Crippen LogP contribution in [0.2, 0.25) is 0 Å². The van der Waals surface area contributed by atoms with Crippen molar-refractivity contribution in [3.05, 3.63) is 6.33 Å². The summed E-state index contributed by atoms with van der Waals surface area (Å²) in [7, 11) is -3.14. The van der Waals surface area contributed by atoms with Crippen molar-refractivity contribution in [3.8, 4) is 5.88 Å². The molecule has 0 saturated carbocycles. The van der Waals surface area contributed by atoms with Crippen LogP contribution in [0.5, 0.6) is 5.88 Å². The van der Waals surface area contributed by atoms with Gasteiger partial charge >= 0.3 is 0 Å². The molecule has 4 N–H and O–H groups in total. The zero-order valence-corrected chi connectivity index (χ0v) is 12.5. The molecule has 0 spiro atoms. The van der Waals surface area contributed by atoms with Gasteiger partial charge in [0.2, 0.25) is 15.9 Å². The van der Waals surface area contributed by atoms with Gasteiger partial charge in [-0.3, -0.25) is 0 Å². The Hall–Kier alpha value is -1.61. The molecule has 0 aromatic carbocycles. The Bertz CT molecular complexity index is 521. The van der Waals surface area contributed by atoms with Crippen LogP contribution >= 0.6 is 0 Å². The SMILES string of the molecule is CCCOc1ncnc(NCCCNS(C)(=O)=O)c1N. The first-order chi connectivity index (χ1) is 9.44. The van der Waals surface area contributed by atoms with Crippen LogP contribution in [0.15, 0.2) is 6.33 Å². The Morgan fingerprint density at radius 2 is 2.10 bits per heavy atom. The van der Waals surface area contributed by atoms with E-state index >= 15 is 0 Å². The third-order valence-electron chi connectivity index (χ3n) is 2.30. The molecule has 0 fully saturated rings. The van der Waals surface area contributed by atoms with Crippen LogP contribution in [0, 0.1) is 0 Å². The van der Waals surface area contributed by atoms with Gasteiger partial charge in [-0.15, -0.1) is 0 Å². The fraction of sp³-hybridized carbons (Fsp3) is 0.636. The number of nitrogens with one attached hydrogen (secondary N) is 2. The summed E-state index contributed by atoms with van der Waals surface area (Å²) in [5.74, 6) is 0.851. The summed E-state index contributed by atoms with van der Waals surface area (Å²) in [4.78, 5) is 7.99. The van der Waals surface area contributed by atoms with E-state index in [1.54, 1.807) is 0 Å². The maximum atomic E-state index is 10.9. The third-order valence-corrected chi connectivity index (χ3v) is 3.03. The minimum absolute atomic E-state index is 0.357. The molecule has 0 saturated heterocycles. The lowest BCUT2D eigenvalue weighted by Crippen LogP contribution is -2.24. The van der Waals surface area contributed by atoms with E-state index in [1.807, 2.05) is 6.92 Å². The Balaban J connectivity index is 2.44. The summed E-state index contributed by atoms with van der Waals surface area (Å²) in [6.45, 7) is 3.43. The maximum Gasteiger partial charge on any atom is 0.242 e. The molecule has 0 radical (unpaired) electrons. The summed E-state index contributed by atoms with van der Waals surface area (Å²) < 4.78 is 29.5. The third kappa shape index (κ3) is 6.02. The lowest BCUT2D eigenvalue weighted by Gasteiger charge is -2.11. The zero-order valence-electron chi connectivity index (χ0n) is 11.7. The van der Waals surface area contributed by atoms with Crippen LogP contribution in [-0.4, -0.2) is 44.3 Å². The molecule has 0 unspecified atom stereocenters. The van der Waals surface area contributed by atoms with Gasteiger partial charge in [-0.05, 0) is 12.8 Å². The molecule has 114 valence electrons. The number of ether oxygens (including phenoxy) is 1. The molecule has 0 atom stereocenters. The van der Waals surface area contributed by atoms with Gasteiger partial charge in [0.1, 0.15) is 12.0 Å². The number of sulfonamides is 1. The predicted octanol–water partition coefficient (Wildman–Crippen LogP) is 0.199. The summed E-state index contributed by atoms with van der Waals surface area (Å²) in [6, 6.07) is 0. The van der Waals surface area contributed by atoms with Crippen LogP contribution in [0.4, 0.5) is 11.5 Å². The Morgan fingerprint density at radius 1 is 1.35 bits per heavy atom. The predicted molar refractivity (Wildman–Crippen MR) is 78.2 cm³/mol. The quantitative estimate of drug-likeness (QED) is 0.557. The molecule has 8 nitrogen and oxygen atoms in total. The molecule has 1 aromatic heterocycles. The standard InChI is InChI=1S/C11H21N5O3S/c1-3-7-19-11-9(12)10(14-8-15-11)13-5-4-6-16-20(2,17)18/h8,16H,3-7,12H2,1-2H3,(H,13,14,15). The first-order valence-electron chi connectivity index (χ1n) is 6.36. The lowest BCUT2D eigenvalue weighted by atomic mass is 10.4. The van der Waals surface area contributed by atoms with Gasteiger partial charge in [-0.1, -0.05) is 6.92 Å². The van der Waals surface area contributed by atoms with Crippen molar-refractivity contribution < 1.29 is 13.2 Å². The van der Waals surface area contributed by atoms with E-state index in [4.69, 9.17) is 10.5 Å². The van der Waals surface area contributed by atoms with Gasteiger partial charge < -0.3 is 15.8 Å². The number of nitrogen functional groups attached to an aromatic ring is 1. The molecular weight excluding hydrogens is 282 g/mol. The molecule has 1 rings (SSSR count). The highest BCUT2D eigenvalue weighted by molar-refractivity contribution is 7.88. The van der Waals surface area contributed by atoms with E-state index in [2.05, 4.69) is 20.0 Å². The molecular formula is C11H21N5O3S. The number of nitrogens with two attached hydrogens (primary N) is 1. The number of nitrogens with zero attached hydrogens (tertiary/aromatic N) is 2. The molecule has 1 aromatic rings. The number of hydrogen-bond donors (Lipinski definition) is 3. The van der Waals surface area contributed by atoms with E-state index in [0.29, 0.717) is 43.5 Å². The van der Waals surface area contributed by atoms with E-state index in [9.17, 15) is 8.42 Å². The van der Waals surface area contributed by atoms with Crippen LogP contribution in [0.25, 0.3) is 0 Å². The molecule has 0 bridgehead atoms. The highest BCUT2D eigenvalue weighted by Gasteiger charge is 2.08. The highest BCUT2D eigenvalue weighted by atomic mass is 32.2. The first kappa shape index (κ1) is 16.4. The monoisotopic (exact) mass is 303 g/mol. The van der Waals surface area contributed by atoms with Crippen LogP contribution in [0.3, 0.4) is 0 Å². The van der Waals surface area contributed by atoms with Crippen LogP contribution in [-0.2, 0) is 10.0 Å². The van der Waals surface area contributed by atoms with Gasteiger partial charge in [-0.2, -0.15) is 4.98 Å². The Kier molecular flexibility index (Phi) is 6.46. The van der Waals surface area contributed by atoms with Crippen molar-refractivity contribution in [3.63, 3.8) is 0 Å². The normalized spacial score (nSPS) is 11.3. The Labute approximate surface area is 119 Å². The van der Waals surface area contributed by atoms with Crippen molar-refractivity contribution in [2.75, 3.05) is 37.0 Å². The summed E-state index contributed by atoms with van der Waals surface area (Å²) >= 11 is 0.